The highest BCUT2D eigenvalue weighted by molar-refractivity contribution is 7.89. The maximum atomic E-state index is 12.4. The van der Waals surface area contributed by atoms with Gasteiger partial charge in [-0.1, -0.05) is 12.1 Å². The Morgan fingerprint density at radius 1 is 1.26 bits per heavy atom. The molecular weight excluding hydrogens is 334 g/mol. The van der Waals surface area contributed by atoms with Crippen molar-refractivity contribution in [2.45, 2.75) is 11.4 Å². The van der Waals surface area contributed by atoms with Gasteiger partial charge in [-0.3, -0.25) is 9.36 Å². The van der Waals surface area contributed by atoms with Gasteiger partial charge in [0.1, 0.15) is 4.70 Å². The number of benzene rings is 1. The molecule has 0 saturated carbocycles. The van der Waals surface area contributed by atoms with Gasteiger partial charge in [-0.15, -0.1) is 11.3 Å². The van der Waals surface area contributed by atoms with Crippen molar-refractivity contribution >= 4 is 31.6 Å². The molecule has 0 aliphatic rings. The van der Waals surface area contributed by atoms with Gasteiger partial charge in [0.05, 0.1) is 23.3 Å². The highest BCUT2D eigenvalue weighted by Gasteiger charge is 2.17. The fraction of sp³-hybridized carbons (Fsp3) is 0.200. The van der Waals surface area contributed by atoms with Gasteiger partial charge < -0.3 is 0 Å². The van der Waals surface area contributed by atoms with Gasteiger partial charge >= 0.3 is 0 Å². The maximum Gasteiger partial charge on any atom is 0.271 e. The fourth-order valence-electron chi connectivity index (χ4n) is 2.20. The first-order valence-corrected chi connectivity index (χ1v) is 9.15. The van der Waals surface area contributed by atoms with Crippen LogP contribution in [0.4, 0.5) is 0 Å². The summed E-state index contributed by atoms with van der Waals surface area (Å²) in [5.74, 6) is 0. The van der Waals surface area contributed by atoms with E-state index in [9.17, 15) is 13.2 Å². The third-order valence-electron chi connectivity index (χ3n) is 3.47. The topological polar surface area (TPSA) is 72.3 Å². The van der Waals surface area contributed by atoms with Gasteiger partial charge in [0.2, 0.25) is 10.0 Å². The summed E-state index contributed by atoms with van der Waals surface area (Å²) in [5.41, 5.74) is 1.29. The summed E-state index contributed by atoms with van der Waals surface area (Å²) in [4.78, 5) is 16.8. The van der Waals surface area contributed by atoms with Gasteiger partial charge in [-0.05, 0) is 29.1 Å². The molecule has 2 aromatic heterocycles. The predicted octanol–water partition coefficient (Wildman–Crippen LogP) is 1.76. The number of thiophene rings is 1. The minimum atomic E-state index is -3.50. The van der Waals surface area contributed by atoms with E-state index in [1.54, 1.807) is 30.3 Å². The molecule has 0 aliphatic carbocycles. The Balaban J connectivity index is 2.00. The van der Waals surface area contributed by atoms with E-state index in [-0.39, 0.29) is 17.0 Å². The van der Waals surface area contributed by atoms with Crippen molar-refractivity contribution < 1.29 is 8.42 Å². The van der Waals surface area contributed by atoms with E-state index >= 15 is 0 Å². The van der Waals surface area contributed by atoms with Crippen LogP contribution in [0.5, 0.6) is 0 Å². The summed E-state index contributed by atoms with van der Waals surface area (Å²) < 4.78 is 27.6. The van der Waals surface area contributed by atoms with Gasteiger partial charge in [-0.25, -0.2) is 17.7 Å². The quantitative estimate of drug-likeness (QED) is 0.719. The van der Waals surface area contributed by atoms with Crippen LogP contribution >= 0.6 is 11.3 Å². The molecule has 1 aromatic carbocycles. The van der Waals surface area contributed by atoms with Crippen LogP contribution in [0.3, 0.4) is 0 Å². The number of sulfonamides is 1. The zero-order valence-electron chi connectivity index (χ0n) is 12.6. The molecule has 0 radical (unpaired) electrons. The number of fused-ring (bicyclic) bond motifs is 1. The molecule has 0 spiro atoms. The third-order valence-corrected chi connectivity index (χ3v) is 6.17. The van der Waals surface area contributed by atoms with Crippen LogP contribution in [0.25, 0.3) is 10.2 Å². The van der Waals surface area contributed by atoms with E-state index < -0.39 is 10.0 Å². The Kier molecular flexibility index (Phi) is 4.05. The van der Waals surface area contributed by atoms with Crippen LogP contribution in [0.2, 0.25) is 0 Å². The van der Waals surface area contributed by atoms with Crippen molar-refractivity contribution in [1.82, 2.24) is 13.9 Å². The number of hydrogen-bond acceptors (Lipinski definition) is 5. The lowest BCUT2D eigenvalue weighted by molar-refractivity contribution is 0.520. The van der Waals surface area contributed by atoms with E-state index in [1.807, 2.05) is 5.38 Å². The Morgan fingerprint density at radius 3 is 2.78 bits per heavy atom. The van der Waals surface area contributed by atoms with Gasteiger partial charge in [0, 0.05) is 14.1 Å². The van der Waals surface area contributed by atoms with Crippen molar-refractivity contribution in [3.8, 4) is 0 Å². The van der Waals surface area contributed by atoms with Crippen molar-refractivity contribution in [3.63, 3.8) is 0 Å². The molecule has 0 fully saturated rings. The van der Waals surface area contributed by atoms with Crippen LogP contribution < -0.4 is 5.56 Å². The maximum absolute atomic E-state index is 12.4. The first kappa shape index (κ1) is 15.9. The summed E-state index contributed by atoms with van der Waals surface area (Å²) in [5, 5.41) is 1.83. The van der Waals surface area contributed by atoms with Crippen LogP contribution in [0, 0.1) is 0 Å². The smallest absolute Gasteiger partial charge is 0.271 e. The zero-order chi connectivity index (χ0) is 16.6. The fourth-order valence-corrected chi connectivity index (χ4v) is 3.97. The van der Waals surface area contributed by atoms with E-state index in [0.29, 0.717) is 10.2 Å². The second kappa shape index (κ2) is 5.88. The SMILES string of the molecule is CN(C)S(=O)(=O)c1cccc(Cn2cnc3ccsc3c2=O)c1. The molecule has 0 aliphatic heterocycles. The summed E-state index contributed by atoms with van der Waals surface area (Å²) >= 11 is 1.35. The molecule has 0 atom stereocenters. The normalized spacial score (nSPS) is 12.1. The molecule has 0 amide bonds. The molecule has 2 heterocycles. The molecule has 6 nitrogen and oxygen atoms in total. The van der Waals surface area contributed by atoms with Crippen LogP contribution in [0.15, 0.2) is 51.7 Å². The molecule has 0 bridgehead atoms. The second-order valence-corrected chi connectivity index (χ2v) is 8.32. The van der Waals surface area contributed by atoms with E-state index in [2.05, 4.69) is 4.98 Å². The Hall–Kier alpha value is -2.03. The van der Waals surface area contributed by atoms with E-state index in [4.69, 9.17) is 0 Å². The van der Waals surface area contributed by atoms with Gasteiger partial charge in [-0.2, -0.15) is 0 Å². The average Bonchev–Trinajstić information content (AvgIpc) is 2.99. The van der Waals surface area contributed by atoms with Crippen molar-refractivity contribution in [3.05, 3.63) is 58.0 Å². The lowest BCUT2D eigenvalue weighted by atomic mass is 10.2. The van der Waals surface area contributed by atoms with Crippen LogP contribution in [0.1, 0.15) is 5.56 Å². The summed E-state index contributed by atoms with van der Waals surface area (Å²) in [6, 6.07) is 8.40. The molecule has 3 aromatic rings. The molecular formula is C15H15N3O3S2. The highest BCUT2D eigenvalue weighted by atomic mass is 32.2. The number of aromatic nitrogens is 2. The molecule has 120 valence electrons. The first-order valence-electron chi connectivity index (χ1n) is 6.84. The number of hydrogen-bond donors (Lipinski definition) is 0. The number of rotatable bonds is 4. The van der Waals surface area contributed by atoms with Gasteiger partial charge in [0.15, 0.2) is 0 Å². The molecule has 23 heavy (non-hydrogen) atoms. The Labute approximate surface area is 137 Å². The van der Waals surface area contributed by atoms with Crippen molar-refractivity contribution in [2.24, 2.45) is 0 Å². The molecule has 8 heteroatoms. The Bertz CT molecular complexity index is 1020. The first-order chi connectivity index (χ1) is 10.9. The molecule has 3 rings (SSSR count). The summed E-state index contributed by atoms with van der Waals surface area (Å²) in [6.45, 7) is 0.274. The minimum absolute atomic E-state index is 0.120. The zero-order valence-corrected chi connectivity index (χ0v) is 14.3. The lowest BCUT2D eigenvalue weighted by Gasteiger charge is -2.12. The van der Waals surface area contributed by atoms with E-state index in [0.717, 1.165) is 9.87 Å². The number of nitrogens with zero attached hydrogens (tertiary/aromatic N) is 3. The third kappa shape index (κ3) is 2.92. The standard InChI is InChI=1S/C15H15N3O3S2/c1-17(2)23(20,21)12-5-3-4-11(8-12)9-18-10-16-13-6-7-22-14(13)15(18)19/h3-8,10H,9H2,1-2H3. The largest absolute Gasteiger partial charge is 0.294 e. The minimum Gasteiger partial charge on any atom is -0.294 e. The monoisotopic (exact) mass is 349 g/mol. The van der Waals surface area contributed by atoms with Crippen LogP contribution in [-0.4, -0.2) is 36.4 Å². The average molecular weight is 349 g/mol. The molecule has 0 unspecified atom stereocenters. The lowest BCUT2D eigenvalue weighted by Crippen LogP contribution is -2.23. The van der Waals surface area contributed by atoms with Crippen molar-refractivity contribution in [1.29, 1.82) is 0 Å². The summed E-state index contributed by atoms with van der Waals surface area (Å²) in [7, 11) is -0.521. The second-order valence-electron chi connectivity index (χ2n) is 5.25. The Morgan fingerprint density at radius 2 is 2.04 bits per heavy atom. The van der Waals surface area contributed by atoms with E-state index in [1.165, 1.54) is 36.3 Å². The summed E-state index contributed by atoms with van der Waals surface area (Å²) in [6.07, 6.45) is 1.49. The predicted molar refractivity (Wildman–Crippen MR) is 90.3 cm³/mol. The van der Waals surface area contributed by atoms with Crippen molar-refractivity contribution in [2.75, 3.05) is 14.1 Å². The van der Waals surface area contributed by atoms with Crippen LogP contribution in [-0.2, 0) is 16.6 Å². The molecule has 0 N–H and O–H groups in total. The highest BCUT2D eigenvalue weighted by Crippen LogP contribution is 2.16. The van der Waals surface area contributed by atoms with Gasteiger partial charge in [0.25, 0.3) is 5.56 Å². The molecule has 0 saturated heterocycles.